The van der Waals surface area contributed by atoms with Gasteiger partial charge in [0.15, 0.2) is 0 Å². The van der Waals surface area contributed by atoms with Gasteiger partial charge in [0.1, 0.15) is 5.75 Å². The minimum Gasteiger partial charge on any atom is -0.495 e. The summed E-state index contributed by atoms with van der Waals surface area (Å²) in [7, 11) is 2.99. The first-order chi connectivity index (χ1) is 9.21. The van der Waals surface area contributed by atoms with E-state index in [1.807, 2.05) is 18.2 Å². The number of esters is 1. The van der Waals surface area contributed by atoms with E-state index >= 15 is 0 Å². The van der Waals surface area contributed by atoms with Crippen molar-refractivity contribution in [3.63, 3.8) is 0 Å². The first kappa shape index (κ1) is 15.4. The molecule has 5 heteroatoms. The molecule has 0 spiro atoms. The Labute approximate surface area is 117 Å². The van der Waals surface area contributed by atoms with Gasteiger partial charge in [0.2, 0.25) is 0 Å². The molecular weight excluding hydrogens is 262 g/mol. The predicted octanol–water partition coefficient (Wildman–Crippen LogP) is 1.41. The van der Waals surface area contributed by atoms with E-state index in [9.17, 15) is 4.79 Å². The maximum atomic E-state index is 11.0. The van der Waals surface area contributed by atoms with Crippen molar-refractivity contribution in [2.45, 2.75) is 5.75 Å². The number of hydrogen-bond acceptors (Lipinski definition) is 5. The minimum atomic E-state index is -0.221. The van der Waals surface area contributed by atoms with Crippen molar-refractivity contribution in [3.8, 4) is 17.6 Å². The van der Waals surface area contributed by atoms with Gasteiger partial charge >= 0.3 is 5.97 Å². The molecule has 0 atom stereocenters. The average molecular weight is 279 g/mol. The van der Waals surface area contributed by atoms with Gasteiger partial charge in [0.05, 0.1) is 32.1 Å². The largest absolute Gasteiger partial charge is 0.495 e. The Morgan fingerprint density at radius 2 is 2.21 bits per heavy atom. The standard InChI is InChI=1S/C14H17NO3S/c1-17-13-6-5-11(8-12(13)4-3-7-15)9-19-10-14(16)18-2/h5-6,8H,7,9-10,15H2,1-2H3. The van der Waals surface area contributed by atoms with Gasteiger partial charge in [-0.15, -0.1) is 11.8 Å². The van der Waals surface area contributed by atoms with Crippen LogP contribution in [0.1, 0.15) is 11.1 Å². The summed E-state index contributed by atoms with van der Waals surface area (Å²) in [5.74, 6) is 7.34. The second-order valence-corrected chi connectivity index (χ2v) is 4.60. The second-order valence-electron chi connectivity index (χ2n) is 3.61. The molecule has 0 aliphatic carbocycles. The highest BCUT2D eigenvalue weighted by atomic mass is 32.2. The molecular formula is C14H17NO3S. The molecule has 0 aliphatic heterocycles. The zero-order valence-electron chi connectivity index (χ0n) is 11.1. The van der Waals surface area contributed by atoms with Crippen LogP contribution < -0.4 is 10.5 Å². The topological polar surface area (TPSA) is 61.5 Å². The molecule has 1 aromatic rings. The molecule has 0 radical (unpaired) electrons. The minimum absolute atomic E-state index is 0.221. The molecule has 4 nitrogen and oxygen atoms in total. The van der Waals surface area contributed by atoms with E-state index in [1.165, 1.54) is 18.9 Å². The highest BCUT2D eigenvalue weighted by molar-refractivity contribution is 7.99. The van der Waals surface area contributed by atoms with Crippen LogP contribution in [0.2, 0.25) is 0 Å². The van der Waals surface area contributed by atoms with Gasteiger partial charge < -0.3 is 15.2 Å². The molecule has 102 valence electrons. The van der Waals surface area contributed by atoms with Crippen LogP contribution in [0.15, 0.2) is 18.2 Å². The van der Waals surface area contributed by atoms with E-state index in [4.69, 9.17) is 10.5 Å². The highest BCUT2D eigenvalue weighted by Gasteiger charge is 2.04. The van der Waals surface area contributed by atoms with E-state index in [0.717, 1.165) is 22.6 Å². The molecule has 19 heavy (non-hydrogen) atoms. The van der Waals surface area contributed by atoms with Crippen LogP contribution in [0.4, 0.5) is 0 Å². The van der Waals surface area contributed by atoms with Crippen LogP contribution in [0.5, 0.6) is 5.75 Å². The summed E-state index contributed by atoms with van der Waals surface area (Å²) >= 11 is 1.50. The number of nitrogens with two attached hydrogens (primary N) is 1. The maximum absolute atomic E-state index is 11.0. The number of thioether (sulfide) groups is 1. The van der Waals surface area contributed by atoms with Crippen LogP contribution in [0.3, 0.4) is 0 Å². The predicted molar refractivity (Wildman–Crippen MR) is 77.1 cm³/mol. The number of ether oxygens (including phenoxy) is 2. The van der Waals surface area contributed by atoms with Gasteiger partial charge in [-0.2, -0.15) is 0 Å². The Bertz CT molecular complexity index is 491. The van der Waals surface area contributed by atoms with Crippen molar-refractivity contribution in [2.24, 2.45) is 5.73 Å². The van der Waals surface area contributed by atoms with Crippen molar-refractivity contribution in [3.05, 3.63) is 29.3 Å². The summed E-state index contributed by atoms with van der Waals surface area (Å²) in [5, 5.41) is 0. The third-order valence-electron chi connectivity index (χ3n) is 2.31. The number of carbonyl (C=O) groups is 1. The second kappa shape index (κ2) is 8.46. The van der Waals surface area contributed by atoms with Gasteiger partial charge in [-0.25, -0.2) is 0 Å². The number of methoxy groups -OCH3 is 2. The maximum Gasteiger partial charge on any atom is 0.315 e. The van der Waals surface area contributed by atoms with E-state index < -0.39 is 0 Å². The Kier molecular flexibility index (Phi) is 6.86. The number of hydrogen-bond donors (Lipinski definition) is 1. The molecule has 0 aliphatic rings. The highest BCUT2D eigenvalue weighted by Crippen LogP contribution is 2.21. The summed E-state index contributed by atoms with van der Waals surface area (Å²) in [4.78, 5) is 11.0. The van der Waals surface area contributed by atoms with E-state index in [-0.39, 0.29) is 5.97 Å². The monoisotopic (exact) mass is 279 g/mol. The van der Waals surface area contributed by atoms with Crippen LogP contribution in [-0.4, -0.2) is 32.5 Å². The fourth-order valence-electron chi connectivity index (χ4n) is 1.40. The lowest BCUT2D eigenvalue weighted by atomic mass is 10.1. The smallest absolute Gasteiger partial charge is 0.315 e. The molecule has 0 aromatic heterocycles. The fourth-order valence-corrected chi connectivity index (χ4v) is 2.20. The van der Waals surface area contributed by atoms with Crippen molar-refractivity contribution < 1.29 is 14.3 Å². The molecule has 2 N–H and O–H groups in total. The molecule has 0 saturated carbocycles. The molecule has 1 rings (SSSR count). The van der Waals surface area contributed by atoms with Crippen molar-refractivity contribution in [1.82, 2.24) is 0 Å². The van der Waals surface area contributed by atoms with Crippen LogP contribution in [-0.2, 0) is 15.3 Å². The average Bonchev–Trinajstić information content (AvgIpc) is 2.45. The lowest BCUT2D eigenvalue weighted by Gasteiger charge is -2.06. The van der Waals surface area contributed by atoms with Gasteiger partial charge in [-0.3, -0.25) is 4.79 Å². The fraction of sp³-hybridized carbons (Fsp3) is 0.357. The molecule has 0 unspecified atom stereocenters. The van der Waals surface area contributed by atoms with Crippen molar-refractivity contribution in [1.29, 1.82) is 0 Å². The summed E-state index contributed by atoms with van der Waals surface area (Å²) in [6.45, 7) is 0.310. The quantitative estimate of drug-likeness (QED) is 0.652. The molecule has 0 heterocycles. The Morgan fingerprint density at radius 3 is 2.84 bits per heavy atom. The third kappa shape index (κ3) is 5.25. The lowest BCUT2D eigenvalue weighted by Crippen LogP contribution is -2.03. The summed E-state index contributed by atoms with van der Waals surface area (Å²) in [5.41, 5.74) is 7.25. The zero-order valence-corrected chi connectivity index (χ0v) is 11.9. The summed E-state index contributed by atoms with van der Waals surface area (Å²) < 4.78 is 9.82. The Morgan fingerprint density at radius 1 is 1.42 bits per heavy atom. The normalized spacial score (nSPS) is 9.42. The Hall–Kier alpha value is -1.64. The third-order valence-corrected chi connectivity index (χ3v) is 3.28. The first-order valence-electron chi connectivity index (χ1n) is 5.71. The zero-order chi connectivity index (χ0) is 14.1. The summed E-state index contributed by atoms with van der Waals surface area (Å²) in [6.07, 6.45) is 0. The summed E-state index contributed by atoms with van der Waals surface area (Å²) in [6, 6.07) is 5.77. The van der Waals surface area contributed by atoms with Crippen molar-refractivity contribution in [2.75, 3.05) is 26.5 Å². The lowest BCUT2D eigenvalue weighted by molar-refractivity contribution is -0.137. The van der Waals surface area contributed by atoms with Crippen molar-refractivity contribution >= 4 is 17.7 Å². The molecule has 0 bridgehead atoms. The number of rotatable bonds is 5. The first-order valence-corrected chi connectivity index (χ1v) is 6.87. The number of carbonyl (C=O) groups excluding carboxylic acids is 1. The molecule has 0 fully saturated rings. The van der Waals surface area contributed by atoms with Crippen LogP contribution in [0, 0.1) is 11.8 Å². The van der Waals surface area contributed by atoms with Crippen LogP contribution in [0.25, 0.3) is 0 Å². The number of benzene rings is 1. The Balaban J connectivity index is 2.72. The SMILES string of the molecule is COC(=O)CSCc1ccc(OC)c(C#CCN)c1. The van der Waals surface area contributed by atoms with Gasteiger partial charge in [0, 0.05) is 5.75 Å². The van der Waals surface area contributed by atoms with Crippen LogP contribution >= 0.6 is 11.8 Å². The molecule has 1 aromatic carbocycles. The van der Waals surface area contributed by atoms with E-state index in [2.05, 4.69) is 16.6 Å². The molecule has 0 saturated heterocycles. The van der Waals surface area contributed by atoms with Gasteiger partial charge in [0.25, 0.3) is 0 Å². The molecule has 0 amide bonds. The van der Waals surface area contributed by atoms with E-state index in [1.54, 1.807) is 7.11 Å². The van der Waals surface area contributed by atoms with Gasteiger partial charge in [-0.1, -0.05) is 17.9 Å². The van der Waals surface area contributed by atoms with E-state index in [0.29, 0.717) is 12.3 Å². The van der Waals surface area contributed by atoms with Gasteiger partial charge in [-0.05, 0) is 17.7 Å².